The molecule has 3 aliphatic rings. The molecule has 0 amide bonds. The van der Waals surface area contributed by atoms with Crippen LogP contribution in [0.15, 0.2) is 41.1 Å². The molecule has 2 aromatic heterocycles. The van der Waals surface area contributed by atoms with Crippen LogP contribution in [0.4, 0.5) is 6.01 Å². The molecule has 0 unspecified atom stereocenters. The predicted octanol–water partition coefficient (Wildman–Crippen LogP) is 3.20. The summed E-state index contributed by atoms with van der Waals surface area (Å²) >= 11 is 0. The molecule has 0 spiro atoms. The third-order valence-corrected chi connectivity index (χ3v) is 5.49. The van der Waals surface area contributed by atoms with Crippen molar-refractivity contribution in [1.82, 2.24) is 20.2 Å². The van der Waals surface area contributed by atoms with E-state index in [9.17, 15) is 0 Å². The van der Waals surface area contributed by atoms with Gasteiger partial charge in [0, 0.05) is 23.3 Å². The van der Waals surface area contributed by atoms with Gasteiger partial charge in [0.15, 0.2) is 0 Å². The maximum atomic E-state index is 5.80. The predicted molar refractivity (Wildman–Crippen MR) is 103 cm³/mol. The fraction of sp³-hybridized carbons (Fsp3) is 0.333. The van der Waals surface area contributed by atoms with Gasteiger partial charge in [0.1, 0.15) is 0 Å². The van der Waals surface area contributed by atoms with Crippen molar-refractivity contribution in [2.75, 3.05) is 18.5 Å². The maximum Gasteiger partial charge on any atom is 0.316 e. The monoisotopic (exact) mass is 373 g/mol. The summed E-state index contributed by atoms with van der Waals surface area (Å²) < 4.78 is 11.0. The van der Waals surface area contributed by atoms with Crippen molar-refractivity contribution in [3.05, 3.63) is 59.2 Å². The van der Waals surface area contributed by atoms with E-state index in [0.717, 1.165) is 28.9 Å². The second-order valence-corrected chi connectivity index (χ2v) is 7.59. The average molecular weight is 373 g/mol. The van der Waals surface area contributed by atoms with Gasteiger partial charge >= 0.3 is 6.01 Å². The van der Waals surface area contributed by atoms with Crippen molar-refractivity contribution in [1.29, 1.82) is 0 Å². The highest BCUT2D eigenvalue weighted by atomic mass is 16.5. The first-order valence-corrected chi connectivity index (χ1v) is 9.67. The Hall–Kier alpha value is -3.06. The molecule has 2 fully saturated rings. The van der Waals surface area contributed by atoms with E-state index in [1.807, 2.05) is 18.5 Å². The van der Waals surface area contributed by atoms with Crippen LogP contribution in [0.5, 0.6) is 0 Å². The highest BCUT2D eigenvalue weighted by Crippen LogP contribution is 2.40. The molecule has 1 aliphatic heterocycles. The van der Waals surface area contributed by atoms with Crippen LogP contribution in [0.1, 0.15) is 41.3 Å². The van der Waals surface area contributed by atoms with Crippen molar-refractivity contribution in [2.45, 2.75) is 31.2 Å². The number of hydrogen-bond acceptors (Lipinski definition) is 7. The SMILES string of the molecule is C1=C(c2cncc(C3CC3)n2)c2cc(-c3nnc(NC4COC4)o3)ccc2C1. The molecule has 0 bridgehead atoms. The second kappa shape index (κ2) is 6.24. The average Bonchev–Trinajstić information content (AvgIpc) is 3.29. The largest absolute Gasteiger partial charge is 0.403 e. The number of aromatic nitrogens is 4. The van der Waals surface area contributed by atoms with Gasteiger partial charge in [-0.3, -0.25) is 4.98 Å². The van der Waals surface area contributed by atoms with E-state index in [0.29, 0.717) is 31.0 Å². The Morgan fingerprint density at radius 2 is 2.00 bits per heavy atom. The first kappa shape index (κ1) is 15.9. The Morgan fingerprint density at radius 3 is 2.82 bits per heavy atom. The summed E-state index contributed by atoms with van der Waals surface area (Å²) in [6, 6.07) is 6.96. The summed E-state index contributed by atoms with van der Waals surface area (Å²) in [6.07, 6.45) is 9.32. The summed E-state index contributed by atoms with van der Waals surface area (Å²) in [5, 5.41) is 11.5. The highest BCUT2D eigenvalue weighted by Gasteiger charge is 2.27. The standard InChI is InChI=1S/C21H19N5O2/c1-4-14(20-25-26-21(28-20)23-15-10-27-11-15)7-17-12(1)5-6-16(17)19-9-22-8-18(24-19)13-2-3-13/h1,4,6-9,13,15H,2-3,5,10-11H2,(H,23,26). The van der Waals surface area contributed by atoms with Gasteiger partial charge in [-0.1, -0.05) is 17.2 Å². The molecule has 0 atom stereocenters. The van der Waals surface area contributed by atoms with Crippen molar-refractivity contribution in [2.24, 2.45) is 0 Å². The van der Waals surface area contributed by atoms with E-state index in [-0.39, 0.29) is 6.04 Å². The van der Waals surface area contributed by atoms with Crippen molar-refractivity contribution >= 4 is 11.6 Å². The number of benzene rings is 1. The summed E-state index contributed by atoms with van der Waals surface area (Å²) in [5.41, 5.74) is 6.54. The molecule has 1 saturated heterocycles. The van der Waals surface area contributed by atoms with E-state index in [2.05, 4.69) is 38.7 Å². The zero-order valence-corrected chi connectivity index (χ0v) is 15.3. The normalized spacial score (nSPS) is 18.5. The fourth-order valence-electron chi connectivity index (χ4n) is 3.68. The topological polar surface area (TPSA) is 86.0 Å². The van der Waals surface area contributed by atoms with Gasteiger partial charge in [-0.15, -0.1) is 5.10 Å². The van der Waals surface area contributed by atoms with Gasteiger partial charge in [0.2, 0.25) is 5.89 Å². The van der Waals surface area contributed by atoms with E-state index in [1.165, 1.54) is 24.0 Å². The van der Waals surface area contributed by atoms with Crippen LogP contribution in [-0.2, 0) is 11.2 Å². The van der Waals surface area contributed by atoms with Gasteiger partial charge in [-0.05, 0) is 42.5 Å². The van der Waals surface area contributed by atoms with Crippen LogP contribution in [0.2, 0.25) is 0 Å². The lowest BCUT2D eigenvalue weighted by Gasteiger charge is -2.25. The molecule has 3 aromatic rings. The lowest BCUT2D eigenvalue weighted by molar-refractivity contribution is 0.0201. The minimum absolute atomic E-state index is 0.250. The van der Waals surface area contributed by atoms with Crippen LogP contribution in [-0.4, -0.2) is 39.4 Å². The Bertz CT molecular complexity index is 1080. The van der Waals surface area contributed by atoms with Crippen molar-refractivity contribution < 1.29 is 9.15 Å². The Balaban J connectivity index is 1.31. The number of nitrogens with zero attached hydrogens (tertiary/aromatic N) is 4. The highest BCUT2D eigenvalue weighted by molar-refractivity contribution is 5.84. The molecular weight excluding hydrogens is 354 g/mol. The van der Waals surface area contributed by atoms with E-state index < -0.39 is 0 Å². The number of rotatable bonds is 5. The first-order chi connectivity index (χ1) is 13.8. The van der Waals surface area contributed by atoms with Gasteiger partial charge in [-0.2, -0.15) is 0 Å². The number of hydrogen-bond donors (Lipinski definition) is 1. The Morgan fingerprint density at radius 1 is 1.07 bits per heavy atom. The molecule has 1 saturated carbocycles. The number of anilines is 1. The van der Waals surface area contributed by atoms with Gasteiger partial charge in [0.05, 0.1) is 36.8 Å². The number of ether oxygens (including phenoxy) is 1. The van der Waals surface area contributed by atoms with Crippen LogP contribution in [0, 0.1) is 0 Å². The molecule has 140 valence electrons. The molecule has 3 heterocycles. The quantitative estimate of drug-likeness (QED) is 0.735. The van der Waals surface area contributed by atoms with E-state index in [4.69, 9.17) is 14.1 Å². The smallest absolute Gasteiger partial charge is 0.316 e. The number of allylic oxidation sites excluding steroid dienone is 1. The van der Waals surface area contributed by atoms with Crippen LogP contribution < -0.4 is 5.32 Å². The molecule has 28 heavy (non-hydrogen) atoms. The molecule has 7 nitrogen and oxygen atoms in total. The number of fused-ring (bicyclic) bond motifs is 1. The lowest BCUT2D eigenvalue weighted by atomic mass is 10.0. The zero-order valence-electron chi connectivity index (χ0n) is 15.3. The summed E-state index contributed by atoms with van der Waals surface area (Å²) in [4.78, 5) is 9.29. The summed E-state index contributed by atoms with van der Waals surface area (Å²) in [7, 11) is 0. The molecule has 1 N–H and O–H groups in total. The Labute approximate surface area is 161 Å². The lowest BCUT2D eigenvalue weighted by Crippen LogP contribution is -2.40. The summed E-state index contributed by atoms with van der Waals surface area (Å²) in [5.74, 6) is 1.10. The van der Waals surface area contributed by atoms with Crippen molar-refractivity contribution in [3.8, 4) is 11.5 Å². The number of nitrogens with one attached hydrogen (secondary N) is 1. The maximum absolute atomic E-state index is 5.80. The molecular formula is C21H19N5O2. The van der Waals surface area contributed by atoms with Crippen molar-refractivity contribution in [3.63, 3.8) is 0 Å². The van der Waals surface area contributed by atoms with Gasteiger partial charge in [0.25, 0.3) is 0 Å². The molecule has 6 rings (SSSR count). The minimum Gasteiger partial charge on any atom is -0.403 e. The van der Waals surface area contributed by atoms with Crippen LogP contribution >= 0.6 is 0 Å². The van der Waals surface area contributed by atoms with Crippen LogP contribution in [0.3, 0.4) is 0 Å². The molecule has 1 aromatic carbocycles. The Kier molecular flexibility index (Phi) is 3.55. The first-order valence-electron chi connectivity index (χ1n) is 9.67. The van der Waals surface area contributed by atoms with Gasteiger partial charge in [-0.25, -0.2) is 4.98 Å². The molecule has 2 aliphatic carbocycles. The molecule has 7 heteroatoms. The summed E-state index contributed by atoms with van der Waals surface area (Å²) in [6.45, 7) is 1.34. The third-order valence-electron chi connectivity index (χ3n) is 5.49. The minimum atomic E-state index is 0.250. The third kappa shape index (κ3) is 2.79. The fourth-order valence-corrected chi connectivity index (χ4v) is 3.68. The van der Waals surface area contributed by atoms with E-state index in [1.54, 1.807) is 0 Å². The zero-order chi connectivity index (χ0) is 18.5. The van der Waals surface area contributed by atoms with Crippen LogP contribution in [0.25, 0.3) is 17.0 Å². The van der Waals surface area contributed by atoms with E-state index >= 15 is 0 Å². The van der Waals surface area contributed by atoms with Gasteiger partial charge < -0.3 is 14.5 Å². The molecule has 0 radical (unpaired) electrons. The second-order valence-electron chi connectivity index (χ2n) is 7.59.